The lowest BCUT2D eigenvalue weighted by Crippen LogP contribution is -2.11. The van der Waals surface area contributed by atoms with Crippen molar-refractivity contribution in [3.63, 3.8) is 0 Å². The van der Waals surface area contributed by atoms with Crippen molar-refractivity contribution in [1.82, 2.24) is 9.78 Å². The maximum atomic E-state index is 12.8. The van der Waals surface area contributed by atoms with Crippen LogP contribution in [-0.4, -0.2) is 29.7 Å². The predicted octanol–water partition coefficient (Wildman–Crippen LogP) is 3.24. The largest absolute Gasteiger partial charge is 0.416 e. The second kappa shape index (κ2) is 5.36. The predicted molar refractivity (Wildman–Crippen MR) is 79.7 cm³/mol. The van der Waals surface area contributed by atoms with Gasteiger partial charge in [0.2, 0.25) is 0 Å². The molecule has 3 rings (SSSR count). The zero-order valence-electron chi connectivity index (χ0n) is 12.3. The highest BCUT2D eigenvalue weighted by Crippen LogP contribution is 2.33. The normalized spacial score (nSPS) is 20.8. The molecule has 1 aromatic carbocycles. The molecule has 1 aliphatic rings. The fourth-order valence-corrected chi connectivity index (χ4v) is 4.49. The summed E-state index contributed by atoms with van der Waals surface area (Å²) >= 11 is 0. The minimum Gasteiger partial charge on any atom is -0.268 e. The molecule has 1 aromatic heterocycles. The van der Waals surface area contributed by atoms with Crippen molar-refractivity contribution in [2.75, 3.05) is 11.5 Å². The standard InChI is InChI=1S/C15H15F3N2O2S/c1-10-8-20(13-5-6-23(21,22)9-13)19-14(10)11-3-2-4-12(7-11)15(16,17)18/h2-4,7-8,13H,5-6,9H2,1H3. The number of aromatic nitrogens is 2. The molecule has 1 atom stereocenters. The van der Waals surface area contributed by atoms with Gasteiger partial charge in [0, 0.05) is 11.8 Å². The van der Waals surface area contributed by atoms with Crippen molar-refractivity contribution in [3.05, 3.63) is 41.6 Å². The summed E-state index contributed by atoms with van der Waals surface area (Å²) in [7, 11) is -3.05. The highest BCUT2D eigenvalue weighted by molar-refractivity contribution is 7.91. The Hall–Kier alpha value is -1.83. The number of halogens is 3. The van der Waals surface area contributed by atoms with Gasteiger partial charge in [0.25, 0.3) is 0 Å². The summed E-state index contributed by atoms with van der Waals surface area (Å²) in [5, 5.41) is 4.34. The van der Waals surface area contributed by atoms with E-state index < -0.39 is 21.6 Å². The first-order chi connectivity index (χ1) is 10.7. The summed E-state index contributed by atoms with van der Waals surface area (Å²) in [4.78, 5) is 0. The highest BCUT2D eigenvalue weighted by atomic mass is 32.2. The highest BCUT2D eigenvalue weighted by Gasteiger charge is 2.32. The van der Waals surface area contributed by atoms with Crippen LogP contribution in [0.1, 0.15) is 23.6 Å². The van der Waals surface area contributed by atoms with Gasteiger partial charge in [-0.25, -0.2) is 8.42 Å². The SMILES string of the molecule is Cc1cn(C2CCS(=O)(=O)C2)nc1-c1cccc(C(F)(F)F)c1. The van der Waals surface area contributed by atoms with Crippen LogP contribution in [0.15, 0.2) is 30.5 Å². The van der Waals surface area contributed by atoms with Crippen LogP contribution in [0.25, 0.3) is 11.3 Å². The molecule has 1 saturated heterocycles. The molecule has 0 bridgehead atoms. The maximum Gasteiger partial charge on any atom is 0.416 e. The lowest BCUT2D eigenvalue weighted by atomic mass is 10.1. The van der Waals surface area contributed by atoms with Crippen LogP contribution in [0, 0.1) is 6.92 Å². The second-order valence-corrected chi connectivity index (χ2v) is 8.00. The molecule has 124 valence electrons. The van der Waals surface area contributed by atoms with Gasteiger partial charge in [-0.05, 0) is 31.0 Å². The zero-order valence-corrected chi connectivity index (χ0v) is 13.2. The number of hydrogen-bond donors (Lipinski definition) is 0. The Labute approximate surface area is 131 Å². The fraction of sp³-hybridized carbons (Fsp3) is 0.400. The molecule has 8 heteroatoms. The van der Waals surface area contributed by atoms with Gasteiger partial charge in [-0.15, -0.1) is 0 Å². The van der Waals surface area contributed by atoms with Crippen molar-refractivity contribution in [2.45, 2.75) is 25.6 Å². The molecule has 0 saturated carbocycles. The summed E-state index contributed by atoms with van der Waals surface area (Å²) in [5.41, 5.74) is 0.804. The van der Waals surface area contributed by atoms with Gasteiger partial charge in [-0.1, -0.05) is 12.1 Å². The number of aryl methyl sites for hydroxylation is 1. The third kappa shape index (κ3) is 3.26. The van der Waals surface area contributed by atoms with E-state index in [-0.39, 0.29) is 17.5 Å². The zero-order chi connectivity index (χ0) is 16.8. The number of nitrogens with zero attached hydrogens (tertiary/aromatic N) is 2. The van der Waals surface area contributed by atoms with Crippen LogP contribution >= 0.6 is 0 Å². The lowest BCUT2D eigenvalue weighted by Gasteiger charge is -2.09. The number of rotatable bonds is 2. The third-order valence-electron chi connectivity index (χ3n) is 3.96. The van der Waals surface area contributed by atoms with E-state index in [2.05, 4.69) is 5.10 Å². The van der Waals surface area contributed by atoms with Crippen molar-refractivity contribution in [3.8, 4) is 11.3 Å². The van der Waals surface area contributed by atoms with Gasteiger partial charge in [0.15, 0.2) is 9.84 Å². The number of sulfone groups is 1. The Morgan fingerprint density at radius 1 is 1.30 bits per heavy atom. The van der Waals surface area contributed by atoms with Crippen LogP contribution in [-0.2, 0) is 16.0 Å². The molecule has 0 amide bonds. The second-order valence-electron chi connectivity index (χ2n) is 5.78. The summed E-state index contributed by atoms with van der Waals surface area (Å²) in [6, 6.07) is 4.74. The lowest BCUT2D eigenvalue weighted by molar-refractivity contribution is -0.137. The number of alkyl halides is 3. The van der Waals surface area contributed by atoms with Gasteiger partial charge >= 0.3 is 6.18 Å². The number of hydrogen-bond acceptors (Lipinski definition) is 3. The van der Waals surface area contributed by atoms with Crippen LogP contribution in [0.3, 0.4) is 0 Å². The Balaban J connectivity index is 1.96. The van der Waals surface area contributed by atoms with Crippen molar-refractivity contribution < 1.29 is 21.6 Å². The van der Waals surface area contributed by atoms with E-state index in [1.807, 2.05) is 0 Å². The van der Waals surface area contributed by atoms with Crippen molar-refractivity contribution in [2.24, 2.45) is 0 Å². The first-order valence-corrected chi connectivity index (χ1v) is 8.92. The minimum absolute atomic E-state index is 0.0240. The van der Waals surface area contributed by atoms with Crippen LogP contribution in [0.4, 0.5) is 13.2 Å². The topological polar surface area (TPSA) is 52.0 Å². The van der Waals surface area contributed by atoms with Crippen LogP contribution in [0.2, 0.25) is 0 Å². The summed E-state index contributed by atoms with van der Waals surface area (Å²) in [6.07, 6.45) is -2.24. The molecule has 4 nitrogen and oxygen atoms in total. The summed E-state index contributed by atoms with van der Waals surface area (Å²) in [5.74, 6) is 0.144. The molecule has 2 heterocycles. The fourth-order valence-electron chi connectivity index (χ4n) is 2.78. The first kappa shape index (κ1) is 16.0. The maximum absolute atomic E-state index is 12.8. The Bertz CT molecular complexity index is 841. The monoisotopic (exact) mass is 344 g/mol. The van der Waals surface area contributed by atoms with E-state index in [1.54, 1.807) is 23.9 Å². The summed E-state index contributed by atoms with van der Waals surface area (Å²) < 4.78 is 63.2. The molecule has 2 aromatic rings. The van der Waals surface area contributed by atoms with Crippen molar-refractivity contribution >= 4 is 9.84 Å². The average Bonchev–Trinajstić information content (AvgIpc) is 3.01. The van der Waals surface area contributed by atoms with Crippen LogP contribution < -0.4 is 0 Å². The summed E-state index contributed by atoms with van der Waals surface area (Å²) in [6.45, 7) is 1.75. The molecule has 1 unspecified atom stereocenters. The van der Waals surface area contributed by atoms with Crippen molar-refractivity contribution in [1.29, 1.82) is 0 Å². The van der Waals surface area contributed by atoms with E-state index in [1.165, 1.54) is 6.07 Å². The van der Waals surface area contributed by atoms with Crippen LogP contribution in [0.5, 0.6) is 0 Å². The molecule has 23 heavy (non-hydrogen) atoms. The average molecular weight is 344 g/mol. The third-order valence-corrected chi connectivity index (χ3v) is 5.71. The number of benzene rings is 1. The molecule has 0 spiro atoms. The molecule has 0 N–H and O–H groups in total. The van der Waals surface area contributed by atoms with Gasteiger partial charge in [-0.2, -0.15) is 18.3 Å². The molecule has 1 fully saturated rings. The molecule has 1 aliphatic heterocycles. The van der Waals surface area contributed by atoms with E-state index in [0.29, 0.717) is 23.2 Å². The molecular formula is C15H15F3N2O2S. The van der Waals surface area contributed by atoms with E-state index in [9.17, 15) is 21.6 Å². The van der Waals surface area contributed by atoms with E-state index in [4.69, 9.17) is 0 Å². The molecular weight excluding hydrogens is 329 g/mol. The Morgan fingerprint density at radius 2 is 2.04 bits per heavy atom. The molecule has 0 aliphatic carbocycles. The van der Waals surface area contributed by atoms with Gasteiger partial charge < -0.3 is 0 Å². The van der Waals surface area contributed by atoms with Gasteiger partial charge in [0.1, 0.15) is 0 Å². The quantitative estimate of drug-likeness (QED) is 0.840. The molecule has 0 radical (unpaired) electrons. The van der Waals surface area contributed by atoms with E-state index in [0.717, 1.165) is 12.1 Å². The smallest absolute Gasteiger partial charge is 0.268 e. The van der Waals surface area contributed by atoms with Gasteiger partial charge in [-0.3, -0.25) is 4.68 Å². The Morgan fingerprint density at radius 3 is 2.65 bits per heavy atom. The minimum atomic E-state index is -4.41. The first-order valence-electron chi connectivity index (χ1n) is 7.09. The Kier molecular flexibility index (Phi) is 3.74. The van der Waals surface area contributed by atoms with Gasteiger partial charge in [0.05, 0.1) is 28.8 Å². The van der Waals surface area contributed by atoms with E-state index >= 15 is 0 Å².